The molecule has 1 amide bonds. The number of ether oxygens (including phenoxy) is 2. The molecule has 2 rings (SSSR count). The number of benzene rings is 1. The quantitative estimate of drug-likeness (QED) is 0.793. The van der Waals surface area contributed by atoms with Crippen LogP contribution in [0.4, 0.5) is 4.39 Å². The Balaban J connectivity index is 2.25. The Labute approximate surface area is 119 Å². The van der Waals surface area contributed by atoms with Gasteiger partial charge in [0.15, 0.2) is 0 Å². The van der Waals surface area contributed by atoms with Crippen LogP contribution in [0.2, 0.25) is 0 Å². The van der Waals surface area contributed by atoms with Crippen molar-refractivity contribution in [1.82, 2.24) is 9.19 Å². The largest absolute Gasteiger partial charge is 0.472 e. The van der Waals surface area contributed by atoms with Crippen molar-refractivity contribution in [3.05, 3.63) is 41.6 Å². The molecule has 0 unspecified atom stereocenters. The molecular formula is C12H12FN3O3S. The minimum Gasteiger partial charge on any atom is -0.472 e. The van der Waals surface area contributed by atoms with Crippen LogP contribution >= 0.6 is 12.8 Å². The van der Waals surface area contributed by atoms with E-state index in [4.69, 9.17) is 15.2 Å². The molecule has 0 fully saturated rings. The molecule has 2 aromatic rings. The fraction of sp³-hybridized carbons (Fsp3) is 0.167. The maximum absolute atomic E-state index is 12.4. The van der Waals surface area contributed by atoms with Crippen LogP contribution in [0.15, 0.2) is 30.5 Å². The molecule has 0 aliphatic heterocycles. The van der Waals surface area contributed by atoms with E-state index in [0.29, 0.717) is 11.4 Å². The number of carbonyl (C=O) groups is 1. The van der Waals surface area contributed by atoms with E-state index >= 15 is 0 Å². The summed E-state index contributed by atoms with van der Waals surface area (Å²) in [6.07, 6.45) is 1.58. The van der Waals surface area contributed by atoms with Crippen molar-refractivity contribution in [2.75, 3.05) is 6.86 Å². The van der Waals surface area contributed by atoms with Crippen LogP contribution in [-0.4, -0.2) is 22.0 Å². The second kappa shape index (κ2) is 6.29. The molecule has 0 atom stereocenters. The molecule has 0 spiro atoms. The molecule has 0 aliphatic rings. The average Bonchev–Trinajstić information content (AvgIpc) is 2.83. The third-order valence-corrected chi connectivity index (χ3v) is 2.75. The lowest BCUT2D eigenvalue weighted by Gasteiger charge is -2.12. The first-order chi connectivity index (χ1) is 9.61. The Morgan fingerprint density at radius 2 is 2.20 bits per heavy atom. The standard InChI is InChI=1S/C12H12FN3O3S/c13-7-19-10-3-1-2-8(12(14)17)9(10)6-18-11-4-5-16(20)15-11/h1-5,20H,6-7H2,(H2,14,17). The fourth-order valence-electron chi connectivity index (χ4n) is 1.66. The summed E-state index contributed by atoms with van der Waals surface area (Å²) < 4.78 is 23.9. The normalized spacial score (nSPS) is 10.3. The summed E-state index contributed by atoms with van der Waals surface area (Å²) in [7, 11) is 0. The highest BCUT2D eigenvalue weighted by atomic mass is 32.1. The predicted molar refractivity (Wildman–Crippen MR) is 72.5 cm³/mol. The van der Waals surface area contributed by atoms with Crippen molar-refractivity contribution in [3.8, 4) is 11.6 Å². The number of hydrogen-bond acceptors (Lipinski definition) is 5. The second-order valence-corrected chi connectivity index (χ2v) is 4.17. The summed E-state index contributed by atoms with van der Waals surface area (Å²) in [6.45, 7) is -1.04. The van der Waals surface area contributed by atoms with Gasteiger partial charge in [-0.3, -0.25) is 4.79 Å². The number of nitrogens with zero attached hydrogens (tertiary/aromatic N) is 2. The molecule has 1 aromatic carbocycles. The first-order valence-electron chi connectivity index (χ1n) is 5.60. The molecule has 2 N–H and O–H groups in total. The van der Waals surface area contributed by atoms with E-state index in [1.807, 2.05) is 0 Å². The SMILES string of the molecule is NC(=O)c1cccc(OCF)c1COc1ccn(S)n1. The summed E-state index contributed by atoms with van der Waals surface area (Å²) in [4.78, 5) is 11.4. The molecule has 8 heteroatoms. The summed E-state index contributed by atoms with van der Waals surface area (Å²) >= 11 is 3.97. The van der Waals surface area contributed by atoms with Crippen LogP contribution in [0, 0.1) is 0 Å². The van der Waals surface area contributed by atoms with E-state index in [1.54, 1.807) is 18.3 Å². The molecule has 0 saturated heterocycles. The van der Waals surface area contributed by atoms with Gasteiger partial charge in [0.1, 0.15) is 12.4 Å². The van der Waals surface area contributed by atoms with Gasteiger partial charge in [-0.2, -0.15) is 0 Å². The zero-order valence-electron chi connectivity index (χ0n) is 10.3. The maximum Gasteiger partial charge on any atom is 0.249 e. The van der Waals surface area contributed by atoms with Gasteiger partial charge in [-0.05, 0) is 24.9 Å². The number of primary amides is 1. The van der Waals surface area contributed by atoms with Gasteiger partial charge >= 0.3 is 0 Å². The number of alkyl halides is 1. The zero-order chi connectivity index (χ0) is 14.5. The number of hydrogen-bond donors (Lipinski definition) is 2. The van der Waals surface area contributed by atoms with Crippen LogP contribution in [0.1, 0.15) is 15.9 Å². The molecule has 106 valence electrons. The second-order valence-electron chi connectivity index (χ2n) is 3.76. The molecule has 0 radical (unpaired) electrons. The van der Waals surface area contributed by atoms with Crippen LogP contribution in [-0.2, 0) is 6.61 Å². The van der Waals surface area contributed by atoms with Gasteiger partial charge in [0.2, 0.25) is 18.6 Å². The smallest absolute Gasteiger partial charge is 0.249 e. The van der Waals surface area contributed by atoms with Crippen LogP contribution in [0.25, 0.3) is 0 Å². The zero-order valence-corrected chi connectivity index (χ0v) is 11.2. The molecular weight excluding hydrogens is 285 g/mol. The number of halogens is 1. The van der Waals surface area contributed by atoms with Gasteiger partial charge in [-0.15, -0.1) is 5.10 Å². The van der Waals surface area contributed by atoms with E-state index in [1.165, 1.54) is 16.2 Å². The number of rotatable bonds is 6. The van der Waals surface area contributed by atoms with Gasteiger partial charge in [-0.25, -0.2) is 8.48 Å². The van der Waals surface area contributed by atoms with E-state index in [9.17, 15) is 9.18 Å². The minimum atomic E-state index is -1.01. The van der Waals surface area contributed by atoms with Crippen LogP contribution < -0.4 is 15.2 Å². The van der Waals surface area contributed by atoms with Gasteiger partial charge in [0.25, 0.3) is 0 Å². The summed E-state index contributed by atoms with van der Waals surface area (Å²) in [5.74, 6) is -0.132. The van der Waals surface area contributed by atoms with E-state index in [0.717, 1.165) is 0 Å². The van der Waals surface area contributed by atoms with Crippen molar-refractivity contribution in [1.29, 1.82) is 0 Å². The molecule has 1 heterocycles. The van der Waals surface area contributed by atoms with E-state index < -0.39 is 12.8 Å². The highest BCUT2D eigenvalue weighted by Crippen LogP contribution is 2.24. The lowest BCUT2D eigenvalue weighted by Crippen LogP contribution is -2.16. The highest BCUT2D eigenvalue weighted by molar-refractivity contribution is 7.78. The molecule has 20 heavy (non-hydrogen) atoms. The van der Waals surface area contributed by atoms with E-state index in [-0.39, 0.29) is 17.9 Å². The van der Waals surface area contributed by atoms with Gasteiger partial charge < -0.3 is 15.2 Å². The van der Waals surface area contributed by atoms with Crippen LogP contribution in [0.5, 0.6) is 11.6 Å². The Bertz CT molecular complexity index is 618. The Hall–Kier alpha value is -2.22. The van der Waals surface area contributed by atoms with Crippen molar-refractivity contribution < 1.29 is 18.7 Å². The van der Waals surface area contributed by atoms with Crippen molar-refractivity contribution in [2.24, 2.45) is 5.73 Å². The lowest BCUT2D eigenvalue weighted by atomic mass is 10.1. The molecule has 0 aliphatic carbocycles. The summed E-state index contributed by atoms with van der Waals surface area (Å²) in [5, 5.41) is 3.90. The molecule has 0 bridgehead atoms. The van der Waals surface area contributed by atoms with Gasteiger partial charge in [0.05, 0.1) is 0 Å². The highest BCUT2D eigenvalue weighted by Gasteiger charge is 2.15. The van der Waals surface area contributed by atoms with Crippen LogP contribution in [0.3, 0.4) is 0 Å². The number of thiol groups is 1. The monoisotopic (exact) mass is 297 g/mol. The number of aromatic nitrogens is 2. The number of amides is 1. The van der Waals surface area contributed by atoms with Gasteiger partial charge in [0, 0.05) is 23.4 Å². The van der Waals surface area contributed by atoms with Crippen molar-refractivity contribution >= 4 is 18.7 Å². The Kier molecular flexibility index (Phi) is 4.46. The lowest BCUT2D eigenvalue weighted by molar-refractivity contribution is 0.0996. The summed E-state index contributed by atoms with van der Waals surface area (Å²) in [5.41, 5.74) is 5.85. The molecule has 6 nitrogen and oxygen atoms in total. The maximum atomic E-state index is 12.4. The molecule has 1 aromatic heterocycles. The third-order valence-electron chi connectivity index (χ3n) is 2.52. The number of carbonyl (C=O) groups excluding carboxylic acids is 1. The number of nitrogens with two attached hydrogens (primary N) is 1. The van der Waals surface area contributed by atoms with Crippen molar-refractivity contribution in [3.63, 3.8) is 0 Å². The topological polar surface area (TPSA) is 79.4 Å². The van der Waals surface area contributed by atoms with Gasteiger partial charge in [-0.1, -0.05) is 6.07 Å². The Morgan fingerprint density at radius 3 is 2.80 bits per heavy atom. The predicted octanol–water partition coefficient (Wildman–Crippen LogP) is 1.56. The average molecular weight is 297 g/mol. The first-order valence-corrected chi connectivity index (χ1v) is 6.00. The van der Waals surface area contributed by atoms with Crippen molar-refractivity contribution in [2.45, 2.75) is 6.61 Å². The Morgan fingerprint density at radius 1 is 1.40 bits per heavy atom. The minimum absolute atomic E-state index is 0.0285. The summed E-state index contributed by atoms with van der Waals surface area (Å²) in [6, 6.07) is 6.19. The fourth-order valence-corrected chi connectivity index (χ4v) is 1.82. The molecule has 0 saturated carbocycles. The third kappa shape index (κ3) is 3.21. The first kappa shape index (κ1) is 14.2. The van der Waals surface area contributed by atoms with E-state index in [2.05, 4.69) is 17.9 Å².